The molecule has 0 unspecified atom stereocenters. The summed E-state index contributed by atoms with van der Waals surface area (Å²) in [6, 6.07) is 7.50. The number of aromatic nitrogens is 2. The van der Waals surface area contributed by atoms with Crippen LogP contribution in [-0.4, -0.2) is 24.2 Å². The maximum Gasteiger partial charge on any atom is 0.161 e. The van der Waals surface area contributed by atoms with Crippen molar-refractivity contribution in [3.8, 4) is 17.1 Å². The van der Waals surface area contributed by atoms with E-state index in [1.165, 1.54) is 0 Å². The number of benzene rings is 1. The Balaban J connectivity index is 2.49. The minimum absolute atomic E-state index is 0.361. The molecule has 0 saturated carbocycles. The van der Waals surface area contributed by atoms with Gasteiger partial charge in [-0.3, -0.25) is 0 Å². The summed E-state index contributed by atoms with van der Waals surface area (Å²) in [5.74, 6) is 1.28. The normalized spacial score (nSPS) is 10.5. The Hall–Kier alpha value is -1.17. The zero-order chi connectivity index (χ0) is 13.8. The van der Waals surface area contributed by atoms with E-state index in [0.29, 0.717) is 27.8 Å². The third-order valence-corrected chi connectivity index (χ3v) is 3.82. The largest absolute Gasteiger partial charge is 0.497 e. The molecule has 1 aromatic heterocycles. The van der Waals surface area contributed by atoms with Crippen LogP contribution in [0.4, 0.5) is 0 Å². The van der Waals surface area contributed by atoms with E-state index in [9.17, 15) is 0 Å². The van der Waals surface area contributed by atoms with Crippen molar-refractivity contribution in [3.05, 3.63) is 39.6 Å². The second kappa shape index (κ2) is 6.32. The number of ether oxygens (including phenoxy) is 2. The van der Waals surface area contributed by atoms with Gasteiger partial charge in [0, 0.05) is 12.7 Å². The van der Waals surface area contributed by atoms with Gasteiger partial charge in [-0.15, -0.1) is 0 Å². The summed E-state index contributed by atoms with van der Waals surface area (Å²) in [7, 11) is 3.22. The quantitative estimate of drug-likeness (QED) is 0.794. The minimum Gasteiger partial charge on any atom is -0.497 e. The minimum atomic E-state index is 0.361. The molecule has 2 rings (SSSR count). The van der Waals surface area contributed by atoms with Gasteiger partial charge in [0.1, 0.15) is 10.9 Å². The first-order chi connectivity index (χ1) is 9.15. The summed E-state index contributed by atoms with van der Waals surface area (Å²) in [5, 5.41) is 0.361. The lowest BCUT2D eigenvalue weighted by atomic mass is 10.2. The first-order valence-corrected chi connectivity index (χ1v) is 6.68. The lowest BCUT2D eigenvalue weighted by Gasteiger charge is -2.08. The second-order valence-corrected chi connectivity index (χ2v) is 4.91. The van der Waals surface area contributed by atoms with E-state index < -0.39 is 0 Å². The van der Waals surface area contributed by atoms with Crippen molar-refractivity contribution < 1.29 is 9.47 Å². The zero-order valence-corrected chi connectivity index (χ0v) is 12.8. The molecule has 0 amide bonds. The average Bonchev–Trinajstić information content (AvgIpc) is 2.44. The van der Waals surface area contributed by atoms with Gasteiger partial charge in [0.15, 0.2) is 5.82 Å². The predicted molar refractivity (Wildman–Crippen MR) is 77.4 cm³/mol. The van der Waals surface area contributed by atoms with E-state index in [1.807, 2.05) is 24.3 Å². The molecule has 0 saturated heterocycles. The van der Waals surface area contributed by atoms with Gasteiger partial charge in [-0.1, -0.05) is 23.7 Å². The summed E-state index contributed by atoms with van der Waals surface area (Å²) < 4.78 is 10.9. The highest BCUT2D eigenvalue weighted by atomic mass is 79.9. The molecule has 1 heterocycles. The molecular formula is C13H12BrClN2O2. The van der Waals surface area contributed by atoms with Crippen molar-refractivity contribution in [1.29, 1.82) is 0 Å². The smallest absolute Gasteiger partial charge is 0.161 e. The molecule has 4 nitrogen and oxygen atoms in total. The molecule has 100 valence electrons. The van der Waals surface area contributed by atoms with Crippen LogP contribution in [0.15, 0.2) is 28.7 Å². The third-order valence-electron chi connectivity index (χ3n) is 2.49. The first kappa shape index (κ1) is 14.2. The fourth-order valence-electron chi connectivity index (χ4n) is 1.59. The monoisotopic (exact) mass is 342 g/mol. The fourth-order valence-corrected chi connectivity index (χ4v) is 2.07. The van der Waals surface area contributed by atoms with Crippen LogP contribution in [0.5, 0.6) is 5.75 Å². The standard InChI is InChI=1S/C13H12BrClN2O2/c1-18-7-10-11(14)12(15)17-13(16-10)8-4-3-5-9(6-8)19-2/h3-6H,7H2,1-2H3. The highest BCUT2D eigenvalue weighted by molar-refractivity contribution is 9.10. The van der Waals surface area contributed by atoms with Crippen LogP contribution in [0.3, 0.4) is 0 Å². The molecule has 1 aromatic carbocycles. The first-order valence-electron chi connectivity index (χ1n) is 5.51. The molecule has 0 radical (unpaired) electrons. The van der Waals surface area contributed by atoms with Crippen molar-refractivity contribution in [2.75, 3.05) is 14.2 Å². The van der Waals surface area contributed by atoms with Gasteiger partial charge in [-0.25, -0.2) is 9.97 Å². The van der Waals surface area contributed by atoms with Crippen molar-refractivity contribution in [2.45, 2.75) is 6.61 Å². The fraction of sp³-hybridized carbons (Fsp3) is 0.231. The lowest BCUT2D eigenvalue weighted by molar-refractivity contribution is 0.181. The number of hydrogen-bond acceptors (Lipinski definition) is 4. The topological polar surface area (TPSA) is 44.2 Å². The van der Waals surface area contributed by atoms with Crippen molar-refractivity contribution >= 4 is 27.5 Å². The summed E-state index contributed by atoms with van der Waals surface area (Å²) in [5.41, 5.74) is 1.55. The highest BCUT2D eigenvalue weighted by Crippen LogP contribution is 2.28. The summed E-state index contributed by atoms with van der Waals surface area (Å²) >= 11 is 9.45. The van der Waals surface area contributed by atoms with Gasteiger partial charge in [0.25, 0.3) is 0 Å². The van der Waals surface area contributed by atoms with Crippen LogP contribution in [0, 0.1) is 0 Å². The maximum absolute atomic E-state index is 6.09. The molecule has 0 aliphatic rings. The average molecular weight is 344 g/mol. The molecule has 0 aliphatic carbocycles. The zero-order valence-electron chi connectivity index (χ0n) is 10.5. The van der Waals surface area contributed by atoms with Gasteiger partial charge in [-0.2, -0.15) is 0 Å². The summed E-state index contributed by atoms with van der Waals surface area (Å²) in [6.07, 6.45) is 0. The Kier molecular flexibility index (Phi) is 4.74. The number of halogens is 2. The predicted octanol–water partition coefficient (Wildman–Crippen LogP) is 3.71. The number of nitrogens with zero attached hydrogens (tertiary/aromatic N) is 2. The van der Waals surface area contributed by atoms with E-state index in [4.69, 9.17) is 21.1 Å². The molecule has 0 aliphatic heterocycles. The lowest BCUT2D eigenvalue weighted by Crippen LogP contribution is -2.00. The van der Waals surface area contributed by atoms with E-state index in [-0.39, 0.29) is 0 Å². The van der Waals surface area contributed by atoms with Crippen LogP contribution in [-0.2, 0) is 11.3 Å². The van der Waals surface area contributed by atoms with Gasteiger partial charge < -0.3 is 9.47 Å². The third kappa shape index (κ3) is 3.23. The molecule has 0 atom stereocenters. The molecule has 0 N–H and O–H groups in total. The molecule has 0 fully saturated rings. The molecule has 6 heteroatoms. The molecule has 19 heavy (non-hydrogen) atoms. The van der Waals surface area contributed by atoms with Gasteiger partial charge in [0.05, 0.1) is 23.9 Å². The summed E-state index contributed by atoms with van der Waals surface area (Å²) in [4.78, 5) is 8.70. The van der Waals surface area contributed by atoms with Gasteiger partial charge in [-0.05, 0) is 28.1 Å². The Morgan fingerprint density at radius 1 is 1.26 bits per heavy atom. The van der Waals surface area contributed by atoms with Crippen LogP contribution in [0.1, 0.15) is 5.69 Å². The van der Waals surface area contributed by atoms with Crippen LogP contribution in [0.25, 0.3) is 11.4 Å². The second-order valence-electron chi connectivity index (χ2n) is 3.76. The molecule has 0 spiro atoms. The van der Waals surface area contributed by atoms with Crippen LogP contribution in [0.2, 0.25) is 5.15 Å². The Labute approximate surface area is 124 Å². The van der Waals surface area contributed by atoms with Gasteiger partial charge in [0.2, 0.25) is 0 Å². The Bertz CT molecular complexity index is 593. The van der Waals surface area contributed by atoms with Crippen molar-refractivity contribution in [1.82, 2.24) is 9.97 Å². The van der Waals surface area contributed by atoms with Crippen molar-refractivity contribution in [3.63, 3.8) is 0 Å². The van der Waals surface area contributed by atoms with Crippen LogP contribution >= 0.6 is 27.5 Å². The van der Waals surface area contributed by atoms with Crippen LogP contribution < -0.4 is 4.74 Å². The van der Waals surface area contributed by atoms with E-state index >= 15 is 0 Å². The highest BCUT2D eigenvalue weighted by Gasteiger charge is 2.12. The Morgan fingerprint density at radius 3 is 2.74 bits per heavy atom. The SMILES string of the molecule is COCc1nc(-c2cccc(OC)c2)nc(Cl)c1Br. The molecule has 0 bridgehead atoms. The molecule has 2 aromatic rings. The summed E-state index contributed by atoms with van der Waals surface area (Å²) in [6.45, 7) is 0.361. The molecular weight excluding hydrogens is 332 g/mol. The number of rotatable bonds is 4. The maximum atomic E-state index is 6.09. The van der Waals surface area contributed by atoms with Crippen molar-refractivity contribution in [2.24, 2.45) is 0 Å². The van der Waals surface area contributed by atoms with E-state index in [1.54, 1.807) is 14.2 Å². The van der Waals surface area contributed by atoms with Gasteiger partial charge >= 0.3 is 0 Å². The van der Waals surface area contributed by atoms with E-state index in [0.717, 1.165) is 11.3 Å². The Morgan fingerprint density at radius 2 is 2.05 bits per heavy atom. The van der Waals surface area contributed by atoms with E-state index in [2.05, 4.69) is 25.9 Å². The number of hydrogen-bond donors (Lipinski definition) is 0. The number of methoxy groups -OCH3 is 2.